The van der Waals surface area contributed by atoms with Gasteiger partial charge in [0.05, 0.1) is 12.2 Å². The Bertz CT molecular complexity index is 556. The molecule has 6 nitrogen and oxygen atoms in total. The van der Waals surface area contributed by atoms with Crippen molar-refractivity contribution in [2.24, 2.45) is 5.92 Å². The molecular formula is C15H19ClN2O4. The minimum absolute atomic E-state index is 0.133. The molecule has 0 aliphatic carbocycles. The Morgan fingerprint density at radius 3 is 2.68 bits per heavy atom. The molecule has 2 heterocycles. The second kappa shape index (κ2) is 7.45. The van der Waals surface area contributed by atoms with Gasteiger partial charge in [-0.2, -0.15) is 0 Å². The highest BCUT2D eigenvalue weighted by molar-refractivity contribution is 6.32. The molecule has 1 aromatic rings. The van der Waals surface area contributed by atoms with Gasteiger partial charge in [-0.1, -0.05) is 11.6 Å². The Morgan fingerprint density at radius 1 is 1.45 bits per heavy atom. The molecule has 0 atom stereocenters. The smallest absolute Gasteiger partial charge is 0.303 e. The summed E-state index contributed by atoms with van der Waals surface area (Å²) in [6, 6.07) is 1.56. The molecular weight excluding hydrogens is 308 g/mol. The molecule has 0 aromatic carbocycles. The second-order valence-corrected chi connectivity index (χ2v) is 5.68. The largest absolute Gasteiger partial charge is 0.481 e. The first-order valence-electron chi connectivity index (χ1n) is 7.30. The number of rotatable bonds is 5. The third-order valence-electron chi connectivity index (χ3n) is 3.70. The quantitative estimate of drug-likeness (QED) is 0.899. The molecule has 1 fully saturated rings. The summed E-state index contributed by atoms with van der Waals surface area (Å²) in [4.78, 5) is 28.9. The van der Waals surface area contributed by atoms with Crippen molar-refractivity contribution < 1.29 is 19.4 Å². The lowest BCUT2D eigenvalue weighted by atomic mass is 9.93. The van der Waals surface area contributed by atoms with Gasteiger partial charge in [-0.3, -0.25) is 9.59 Å². The lowest BCUT2D eigenvalue weighted by Gasteiger charge is -2.31. The number of nitrogens with zero attached hydrogens (tertiary/aromatic N) is 2. The fourth-order valence-electron chi connectivity index (χ4n) is 2.55. The van der Waals surface area contributed by atoms with Crippen molar-refractivity contribution in [2.75, 3.05) is 19.7 Å². The SMILES string of the molecule is CCOc1ncc(C(=O)N2CCC(CC(=O)O)CC2)cc1Cl. The lowest BCUT2D eigenvalue weighted by Crippen LogP contribution is -2.39. The lowest BCUT2D eigenvalue weighted by molar-refractivity contribution is -0.138. The zero-order valence-corrected chi connectivity index (χ0v) is 13.2. The van der Waals surface area contributed by atoms with E-state index in [0.29, 0.717) is 49.0 Å². The van der Waals surface area contributed by atoms with Crippen LogP contribution in [-0.2, 0) is 4.79 Å². The van der Waals surface area contributed by atoms with Crippen molar-refractivity contribution in [3.8, 4) is 5.88 Å². The molecule has 0 bridgehead atoms. The molecule has 7 heteroatoms. The maximum atomic E-state index is 12.4. The summed E-state index contributed by atoms with van der Waals surface area (Å²) in [6.45, 7) is 3.40. The summed E-state index contributed by atoms with van der Waals surface area (Å²) < 4.78 is 5.24. The van der Waals surface area contributed by atoms with Crippen LogP contribution >= 0.6 is 11.6 Å². The van der Waals surface area contributed by atoms with Crippen LogP contribution in [0.25, 0.3) is 0 Å². The molecule has 1 saturated heterocycles. The van der Waals surface area contributed by atoms with E-state index in [1.54, 1.807) is 11.0 Å². The zero-order valence-electron chi connectivity index (χ0n) is 12.4. The van der Waals surface area contributed by atoms with Gasteiger partial charge in [0, 0.05) is 25.7 Å². The molecule has 1 amide bonds. The van der Waals surface area contributed by atoms with Crippen LogP contribution in [0, 0.1) is 5.92 Å². The van der Waals surface area contributed by atoms with Gasteiger partial charge in [0.1, 0.15) is 5.02 Å². The molecule has 22 heavy (non-hydrogen) atoms. The molecule has 0 spiro atoms. The highest BCUT2D eigenvalue weighted by atomic mass is 35.5. The first-order valence-corrected chi connectivity index (χ1v) is 7.68. The Kier molecular flexibility index (Phi) is 5.60. The number of halogens is 1. The summed E-state index contributed by atoms with van der Waals surface area (Å²) in [5, 5.41) is 9.12. The van der Waals surface area contributed by atoms with E-state index in [1.807, 2.05) is 6.92 Å². The standard InChI is InChI=1S/C15H19ClN2O4/c1-2-22-14-12(16)8-11(9-17-14)15(21)18-5-3-10(4-6-18)7-13(19)20/h8-10H,2-7H2,1H3,(H,19,20). The van der Waals surface area contributed by atoms with Gasteiger partial charge in [0.2, 0.25) is 5.88 Å². The molecule has 1 aliphatic rings. The highest BCUT2D eigenvalue weighted by Gasteiger charge is 2.25. The number of pyridine rings is 1. The van der Waals surface area contributed by atoms with Crippen molar-refractivity contribution in [3.05, 3.63) is 22.8 Å². The number of hydrogen-bond acceptors (Lipinski definition) is 4. The number of carbonyl (C=O) groups excluding carboxylic acids is 1. The van der Waals surface area contributed by atoms with Gasteiger partial charge >= 0.3 is 5.97 Å². The average Bonchev–Trinajstić information content (AvgIpc) is 2.49. The third kappa shape index (κ3) is 4.10. The van der Waals surface area contributed by atoms with Crippen molar-refractivity contribution in [1.29, 1.82) is 0 Å². The Morgan fingerprint density at radius 2 is 2.14 bits per heavy atom. The van der Waals surface area contributed by atoms with E-state index in [-0.39, 0.29) is 18.2 Å². The van der Waals surface area contributed by atoms with Crippen molar-refractivity contribution in [2.45, 2.75) is 26.2 Å². The molecule has 0 radical (unpaired) electrons. The number of amides is 1. The summed E-state index contributed by atoms with van der Waals surface area (Å²) in [7, 11) is 0. The highest BCUT2D eigenvalue weighted by Crippen LogP contribution is 2.25. The molecule has 1 aliphatic heterocycles. The van der Waals surface area contributed by atoms with Gasteiger partial charge in [-0.25, -0.2) is 4.98 Å². The van der Waals surface area contributed by atoms with Gasteiger partial charge < -0.3 is 14.7 Å². The van der Waals surface area contributed by atoms with Crippen LogP contribution in [0.1, 0.15) is 36.5 Å². The number of piperidine rings is 1. The van der Waals surface area contributed by atoms with Crippen LogP contribution in [0.2, 0.25) is 5.02 Å². The second-order valence-electron chi connectivity index (χ2n) is 5.28. The van der Waals surface area contributed by atoms with E-state index in [9.17, 15) is 9.59 Å². The maximum absolute atomic E-state index is 12.4. The van der Waals surface area contributed by atoms with Gasteiger partial charge in [-0.15, -0.1) is 0 Å². The third-order valence-corrected chi connectivity index (χ3v) is 3.97. The molecule has 0 saturated carbocycles. The Balaban J connectivity index is 1.98. The van der Waals surface area contributed by atoms with Crippen LogP contribution < -0.4 is 4.74 Å². The molecule has 1 N–H and O–H groups in total. The number of carbonyl (C=O) groups is 2. The van der Waals surface area contributed by atoms with E-state index >= 15 is 0 Å². The van der Waals surface area contributed by atoms with Gasteiger partial charge in [0.25, 0.3) is 5.91 Å². The van der Waals surface area contributed by atoms with Crippen molar-refractivity contribution in [3.63, 3.8) is 0 Å². The minimum atomic E-state index is -0.785. The first-order chi connectivity index (χ1) is 10.5. The number of ether oxygens (including phenoxy) is 1. The monoisotopic (exact) mass is 326 g/mol. The summed E-state index contributed by atoms with van der Waals surface area (Å²) in [6.07, 6.45) is 3.04. The van der Waals surface area contributed by atoms with Crippen LogP contribution in [-0.4, -0.2) is 46.6 Å². The van der Waals surface area contributed by atoms with E-state index in [1.165, 1.54) is 6.20 Å². The van der Waals surface area contributed by atoms with Crippen molar-refractivity contribution >= 4 is 23.5 Å². The topological polar surface area (TPSA) is 79.7 Å². The minimum Gasteiger partial charge on any atom is -0.481 e. The van der Waals surface area contributed by atoms with E-state index in [0.717, 1.165) is 0 Å². The van der Waals surface area contributed by atoms with Gasteiger partial charge in [0.15, 0.2) is 0 Å². The number of likely N-dealkylation sites (tertiary alicyclic amines) is 1. The predicted molar refractivity (Wildman–Crippen MR) is 81.3 cm³/mol. The van der Waals surface area contributed by atoms with E-state index in [4.69, 9.17) is 21.4 Å². The molecule has 2 rings (SSSR count). The number of carboxylic acids is 1. The first kappa shape index (κ1) is 16.5. The Labute approximate surface area is 134 Å². The zero-order chi connectivity index (χ0) is 16.1. The number of aliphatic carboxylic acids is 1. The number of aromatic nitrogens is 1. The fourth-order valence-corrected chi connectivity index (χ4v) is 2.78. The van der Waals surface area contributed by atoms with Crippen molar-refractivity contribution in [1.82, 2.24) is 9.88 Å². The summed E-state index contributed by atoms with van der Waals surface area (Å²) in [5.41, 5.74) is 0.421. The van der Waals surface area contributed by atoms with Crippen LogP contribution in [0.4, 0.5) is 0 Å². The number of carboxylic acid groups (broad SMARTS) is 1. The normalized spacial score (nSPS) is 15.6. The summed E-state index contributed by atoms with van der Waals surface area (Å²) in [5.74, 6) is -0.456. The van der Waals surface area contributed by atoms with Crippen LogP contribution in [0.15, 0.2) is 12.3 Å². The van der Waals surface area contributed by atoms with Crippen LogP contribution in [0.5, 0.6) is 5.88 Å². The molecule has 120 valence electrons. The average molecular weight is 327 g/mol. The molecule has 1 aromatic heterocycles. The van der Waals surface area contributed by atoms with Crippen LogP contribution in [0.3, 0.4) is 0 Å². The van der Waals surface area contributed by atoms with E-state index < -0.39 is 5.97 Å². The fraction of sp³-hybridized carbons (Fsp3) is 0.533. The summed E-state index contributed by atoms with van der Waals surface area (Å²) >= 11 is 6.05. The van der Waals surface area contributed by atoms with E-state index in [2.05, 4.69) is 4.98 Å². The Hall–Kier alpha value is -1.82. The van der Waals surface area contributed by atoms with Gasteiger partial charge in [-0.05, 0) is 31.7 Å². The molecule has 0 unspecified atom stereocenters. The predicted octanol–water partition coefficient (Wildman–Crippen LogP) is 2.46. The maximum Gasteiger partial charge on any atom is 0.303 e. The number of hydrogen-bond donors (Lipinski definition) is 1.